The fourth-order valence-electron chi connectivity index (χ4n) is 1.82. The lowest BCUT2D eigenvalue weighted by Crippen LogP contribution is -2.44. The Morgan fingerprint density at radius 3 is 2.27 bits per heavy atom. The molecule has 0 aromatic heterocycles. The van der Waals surface area contributed by atoms with Crippen LogP contribution in [0.5, 0.6) is 0 Å². The molecule has 1 heterocycles. The highest BCUT2D eigenvalue weighted by molar-refractivity contribution is 4.62. The summed E-state index contributed by atoms with van der Waals surface area (Å²) in [5.41, 5.74) is 0. The molecule has 0 aliphatic carbocycles. The van der Waals surface area contributed by atoms with Crippen LogP contribution in [0.2, 0.25) is 0 Å². The molecule has 3 heteroatoms. The van der Waals surface area contributed by atoms with Gasteiger partial charge < -0.3 is 4.90 Å². The fraction of sp³-hybridized carbons (Fsp3) is 1.00. The van der Waals surface area contributed by atoms with Crippen LogP contribution in [-0.4, -0.2) is 49.8 Å². The molecule has 0 aromatic carbocycles. The van der Waals surface area contributed by atoms with Gasteiger partial charge in [0.05, 0.1) is 6.61 Å². The predicted molar refractivity (Wildman–Crippen MR) is 63.8 cm³/mol. The number of likely N-dealkylation sites (N-methyl/N-ethyl adjacent to an activating group) is 1. The van der Waals surface area contributed by atoms with Crippen LogP contribution >= 0.6 is 0 Å². The van der Waals surface area contributed by atoms with E-state index < -0.39 is 0 Å². The number of hydrogen-bond donors (Lipinski definition) is 0. The van der Waals surface area contributed by atoms with Crippen LogP contribution in [0.25, 0.3) is 0 Å². The molecule has 1 rings (SSSR count). The SMILES string of the molecule is CCCCCCCON1CCN(C)CC1. The maximum absolute atomic E-state index is 5.72. The molecule has 1 saturated heterocycles. The van der Waals surface area contributed by atoms with Gasteiger partial charge in [0.1, 0.15) is 0 Å². The molecule has 0 radical (unpaired) electrons. The number of unbranched alkanes of at least 4 members (excludes halogenated alkanes) is 4. The van der Waals surface area contributed by atoms with Crippen molar-refractivity contribution >= 4 is 0 Å². The lowest BCUT2D eigenvalue weighted by Gasteiger charge is -2.31. The van der Waals surface area contributed by atoms with Crippen LogP contribution < -0.4 is 0 Å². The average molecular weight is 214 g/mol. The summed E-state index contributed by atoms with van der Waals surface area (Å²) in [7, 11) is 2.17. The van der Waals surface area contributed by atoms with Crippen molar-refractivity contribution in [2.45, 2.75) is 39.0 Å². The van der Waals surface area contributed by atoms with E-state index in [1.807, 2.05) is 0 Å². The van der Waals surface area contributed by atoms with Gasteiger partial charge in [0.25, 0.3) is 0 Å². The highest BCUT2D eigenvalue weighted by Gasteiger charge is 2.13. The molecular formula is C12H26N2O. The molecule has 1 aliphatic rings. The van der Waals surface area contributed by atoms with Gasteiger partial charge >= 0.3 is 0 Å². The monoisotopic (exact) mass is 214 g/mol. The molecule has 1 fully saturated rings. The van der Waals surface area contributed by atoms with Crippen molar-refractivity contribution in [2.24, 2.45) is 0 Å². The third kappa shape index (κ3) is 6.13. The van der Waals surface area contributed by atoms with Gasteiger partial charge in [-0.2, -0.15) is 5.06 Å². The molecule has 0 aromatic rings. The Labute approximate surface area is 94.3 Å². The minimum Gasteiger partial charge on any atom is -0.304 e. The quantitative estimate of drug-likeness (QED) is 0.604. The van der Waals surface area contributed by atoms with Crippen LogP contribution in [0.15, 0.2) is 0 Å². The van der Waals surface area contributed by atoms with Crippen molar-refractivity contribution < 1.29 is 4.84 Å². The second-order valence-electron chi connectivity index (χ2n) is 4.48. The maximum Gasteiger partial charge on any atom is 0.0685 e. The largest absolute Gasteiger partial charge is 0.304 e. The summed E-state index contributed by atoms with van der Waals surface area (Å²) in [5.74, 6) is 0. The Kier molecular flexibility index (Phi) is 6.98. The highest BCUT2D eigenvalue weighted by Crippen LogP contribution is 2.04. The van der Waals surface area contributed by atoms with Crippen molar-refractivity contribution in [3.05, 3.63) is 0 Å². The van der Waals surface area contributed by atoms with E-state index in [-0.39, 0.29) is 0 Å². The standard InChI is InChI=1S/C12H26N2O/c1-3-4-5-6-7-12-15-14-10-8-13(2)9-11-14/h3-12H2,1-2H3. The van der Waals surface area contributed by atoms with Gasteiger partial charge in [0.15, 0.2) is 0 Å². The van der Waals surface area contributed by atoms with E-state index in [1.165, 1.54) is 32.1 Å². The van der Waals surface area contributed by atoms with E-state index in [9.17, 15) is 0 Å². The predicted octanol–water partition coefficient (Wildman–Crippen LogP) is 2.14. The third-order valence-electron chi connectivity index (χ3n) is 2.98. The van der Waals surface area contributed by atoms with Gasteiger partial charge in [-0.05, 0) is 13.5 Å². The molecule has 3 nitrogen and oxygen atoms in total. The molecule has 0 atom stereocenters. The first-order valence-electron chi connectivity index (χ1n) is 6.39. The topological polar surface area (TPSA) is 15.7 Å². The van der Waals surface area contributed by atoms with Gasteiger partial charge in [-0.1, -0.05) is 32.6 Å². The highest BCUT2D eigenvalue weighted by atomic mass is 16.7. The Hall–Kier alpha value is -0.120. The second-order valence-corrected chi connectivity index (χ2v) is 4.48. The molecule has 15 heavy (non-hydrogen) atoms. The first kappa shape index (κ1) is 12.9. The lowest BCUT2D eigenvalue weighted by atomic mass is 10.2. The summed E-state index contributed by atoms with van der Waals surface area (Å²) in [6.45, 7) is 7.55. The fourth-order valence-corrected chi connectivity index (χ4v) is 1.82. The summed E-state index contributed by atoms with van der Waals surface area (Å²) < 4.78 is 0. The van der Waals surface area contributed by atoms with E-state index in [4.69, 9.17) is 4.84 Å². The number of hydroxylamine groups is 2. The zero-order valence-corrected chi connectivity index (χ0v) is 10.4. The van der Waals surface area contributed by atoms with Gasteiger partial charge in [-0.15, -0.1) is 0 Å². The first-order chi connectivity index (χ1) is 7.33. The first-order valence-corrected chi connectivity index (χ1v) is 6.39. The van der Waals surface area contributed by atoms with E-state index in [1.54, 1.807) is 0 Å². The van der Waals surface area contributed by atoms with Gasteiger partial charge in [0.2, 0.25) is 0 Å². The molecule has 0 unspecified atom stereocenters. The van der Waals surface area contributed by atoms with Crippen LogP contribution in [-0.2, 0) is 4.84 Å². The van der Waals surface area contributed by atoms with Crippen molar-refractivity contribution in [2.75, 3.05) is 39.8 Å². The maximum atomic E-state index is 5.72. The average Bonchev–Trinajstić information content (AvgIpc) is 2.26. The lowest BCUT2D eigenvalue weighted by molar-refractivity contribution is -0.175. The summed E-state index contributed by atoms with van der Waals surface area (Å²) in [4.78, 5) is 8.07. The smallest absolute Gasteiger partial charge is 0.0685 e. The normalized spacial score (nSPS) is 19.6. The zero-order chi connectivity index (χ0) is 10.9. The van der Waals surface area contributed by atoms with E-state index in [0.29, 0.717) is 0 Å². The molecular weight excluding hydrogens is 188 g/mol. The Morgan fingerprint density at radius 2 is 1.60 bits per heavy atom. The van der Waals surface area contributed by atoms with E-state index >= 15 is 0 Å². The van der Waals surface area contributed by atoms with Crippen molar-refractivity contribution in [1.29, 1.82) is 0 Å². The Morgan fingerprint density at radius 1 is 0.933 bits per heavy atom. The minimum absolute atomic E-state index is 0.910. The Balaban J connectivity index is 1.87. The summed E-state index contributed by atoms with van der Waals surface area (Å²) >= 11 is 0. The van der Waals surface area contributed by atoms with Gasteiger partial charge in [-0.25, -0.2) is 0 Å². The van der Waals surface area contributed by atoms with E-state index in [0.717, 1.165) is 32.8 Å². The molecule has 0 spiro atoms. The number of hydrogen-bond acceptors (Lipinski definition) is 3. The number of piperazine rings is 1. The molecule has 0 amide bonds. The van der Waals surface area contributed by atoms with Crippen molar-refractivity contribution in [3.8, 4) is 0 Å². The molecule has 0 N–H and O–H groups in total. The zero-order valence-electron chi connectivity index (χ0n) is 10.4. The van der Waals surface area contributed by atoms with Gasteiger partial charge in [0, 0.05) is 26.2 Å². The summed E-state index contributed by atoms with van der Waals surface area (Å²) in [5, 5.41) is 2.12. The summed E-state index contributed by atoms with van der Waals surface area (Å²) in [6, 6.07) is 0. The van der Waals surface area contributed by atoms with Crippen LogP contribution in [0, 0.1) is 0 Å². The Bertz CT molecular complexity index is 145. The van der Waals surface area contributed by atoms with Crippen LogP contribution in [0.3, 0.4) is 0 Å². The molecule has 90 valence electrons. The number of rotatable bonds is 7. The molecule has 0 bridgehead atoms. The molecule has 0 saturated carbocycles. The van der Waals surface area contributed by atoms with Crippen molar-refractivity contribution in [3.63, 3.8) is 0 Å². The van der Waals surface area contributed by atoms with Crippen LogP contribution in [0.4, 0.5) is 0 Å². The van der Waals surface area contributed by atoms with E-state index in [2.05, 4.69) is 23.9 Å². The molecule has 1 aliphatic heterocycles. The third-order valence-corrected chi connectivity index (χ3v) is 2.98. The van der Waals surface area contributed by atoms with Crippen LogP contribution in [0.1, 0.15) is 39.0 Å². The second kappa shape index (κ2) is 8.08. The number of nitrogens with zero attached hydrogens (tertiary/aromatic N) is 2. The minimum atomic E-state index is 0.910. The van der Waals surface area contributed by atoms with Crippen molar-refractivity contribution in [1.82, 2.24) is 9.96 Å². The summed E-state index contributed by atoms with van der Waals surface area (Å²) in [6.07, 6.45) is 6.59. The van der Waals surface area contributed by atoms with Gasteiger partial charge in [-0.3, -0.25) is 4.84 Å².